The van der Waals surface area contributed by atoms with E-state index in [0.29, 0.717) is 12.2 Å². The third-order valence-electron chi connectivity index (χ3n) is 3.31. The molecule has 2 amide bonds. The van der Waals surface area contributed by atoms with Crippen molar-refractivity contribution < 1.29 is 13.2 Å². The molecule has 0 fully saturated rings. The van der Waals surface area contributed by atoms with E-state index < -0.39 is 9.84 Å². The summed E-state index contributed by atoms with van der Waals surface area (Å²) in [7, 11) is -3.21. The van der Waals surface area contributed by atoms with E-state index in [1.807, 2.05) is 0 Å². The Morgan fingerprint density at radius 3 is 2.62 bits per heavy atom. The van der Waals surface area contributed by atoms with Crippen LogP contribution in [0.4, 0.5) is 10.5 Å². The van der Waals surface area contributed by atoms with E-state index in [1.54, 1.807) is 30.3 Å². The number of hydrogen-bond donors (Lipinski definition) is 2. The van der Waals surface area contributed by atoms with Crippen molar-refractivity contribution in [1.82, 2.24) is 14.9 Å². The number of hydrogen-bond acceptors (Lipinski definition) is 6. The van der Waals surface area contributed by atoms with E-state index in [4.69, 9.17) is 0 Å². The van der Waals surface area contributed by atoms with Gasteiger partial charge in [0.2, 0.25) is 0 Å². The predicted molar refractivity (Wildman–Crippen MR) is 92.8 cm³/mol. The van der Waals surface area contributed by atoms with E-state index in [1.165, 1.54) is 23.7 Å². The number of carbonyl (C=O) groups is 1. The number of anilines is 1. The van der Waals surface area contributed by atoms with Crippen LogP contribution in [0.3, 0.4) is 0 Å². The lowest BCUT2D eigenvalue weighted by molar-refractivity contribution is 0.251. The molecule has 0 aliphatic rings. The van der Waals surface area contributed by atoms with E-state index in [9.17, 15) is 13.2 Å². The molecule has 0 saturated carbocycles. The summed E-state index contributed by atoms with van der Waals surface area (Å²) in [4.78, 5) is 12.2. The smallest absolute Gasteiger partial charge is 0.319 e. The Bertz CT molecular complexity index is 981. The number of benzene rings is 2. The molecule has 7 nitrogen and oxygen atoms in total. The van der Waals surface area contributed by atoms with Gasteiger partial charge >= 0.3 is 6.03 Å². The maximum absolute atomic E-state index is 11.9. The molecule has 24 heavy (non-hydrogen) atoms. The molecule has 0 spiro atoms. The molecule has 0 atom stereocenters. The van der Waals surface area contributed by atoms with Gasteiger partial charge in [0.05, 0.1) is 9.60 Å². The summed E-state index contributed by atoms with van der Waals surface area (Å²) in [6.07, 6.45) is 1.16. The molecule has 2 aromatic carbocycles. The van der Waals surface area contributed by atoms with Crippen LogP contribution in [-0.4, -0.2) is 30.3 Å². The van der Waals surface area contributed by atoms with Crippen LogP contribution in [0.15, 0.2) is 47.4 Å². The lowest BCUT2D eigenvalue weighted by Crippen LogP contribution is -2.28. The van der Waals surface area contributed by atoms with Crippen LogP contribution in [0.5, 0.6) is 0 Å². The largest absolute Gasteiger partial charge is 0.334 e. The molecular weight excluding hydrogens is 348 g/mol. The Morgan fingerprint density at radius 1 is 1.17 bits per heavy atom. The van der Waals surface area contributed by atoms with Gasteiger partial charge in [-0.15, -0.1) is 5.10 Å². The van der Waals surface area contributed by atoms with Crippen molar-refractivity contribution in [3.8, 4) is 0 Å². The third kappa shape index (κ3) is 3.87. The van der Waals surface area contributed by atoms with E-state index in [-0.39, 0.29) is 10.9 Å². The fourth-order valence-corrected chi connectivity index (χ4v) is 3.30. The number of carbonyl (C=O) groups excluding carboxylic acids is 1. The number of fused-ring (bicyclic) bond motifs is 1. The van der Waals surface area contributed by atoms with Gasteiger partial charge in [-0.05, 0) is 47.4 Å². The maximum Gasteiger partial charge on any atom is 0.319 e. The summed E-state index contributed by atoms with van der Waals surface area (Å²) < 4.78 is 27.5. The van der Waals surface area contributed by atoms with Crippen molar-refractivity contribution in [1.29, 1.82) is 0 Å². The molecule has 3 rings (SSSR count). The fourth-order valence-electron chi connectivity index (χ4n) is 2.07. The quantitative estimate of drug-likeness (QED) is 0.742. The van der Waals surface area contributed by atoms with Gasteiger partial charge in [-0.25, -0.2) is 13.2 Å². The first-order valence-electron chi connectivity index (χ1n) is 6.98. The monoisotopic (exact) mass is 362 g/mol. The molecule has 1 aromatic heterocycles. The summed E-state index contributed by atoms with van der Waals surface area (Å²) in [5.41, 5.74) is 2.25. The van der Waals surface area contributed by atoms with Crippen LogP contribution in [-0.2, 0) is 16.4 Å². The van der Waals surface area contributed by atoms with Crippen LogP contribution in [0.1, 0.15) is 5.56 Å². The molecule has 0 bridgehead atoms. The average molecular weight is 362 g/mol. The zero-order valence-electron chi connectivity index (χ0n) is 12.7. The Labute approximate surface area is 142 Å². The molecule has 3 aromatic rings. The molecule has 0 unspecified atom stereocenters. The molecule has 1 heterocycles. The zero-order valence-corrected chi connectivity index (χ0v) is 14.3. The van der Waals surface area contributed by atoms with Crippen molar-refractivity contribution in [2.45, 2.75) is 11.4 Å². The maximum atomic E-state index is 11.9. The summed E-state index contributed by atoms with van der Waals surface area (Å²) in [5.74, 6) is 0. The summed E-state index contributed by atoms with van der Waals surface area (Å²) in [6, 6.07) is 11.4. The van der Waals surface area contributed by atoms with Crippen molar-refractivity contribution in [3.63, 3.8) is 0 Å². The Morgan fingerprint density at radius 2 is 1.92 bits per heavy atom. The molecular formula is C15H14N4O3S2. The van der Waals surface area contributed by atoms with E-state index in [0.717, 1.165) is 22.0 Å². The fraction of sp³-hybridized carbons (Fsp3) is 0.133. The Balaban J connectivity index is 1.59. The second-order valence-corrected chi connectivity index (χ2v) is 7.98. The highest BCUT2D eigenvalue weighted by Crippen LogP contribution is 2.20. The molecule has 0 saturated heterocycles. The lowest BCUT2D eigenvalue weighted by Gasteiger charge is -2.08. The van der Waals surface area contributed by atoms with Crippen molar-refractivity contribution in [3.05, 3.63) is 48.0 Å². The van der Waals surface area contributed by atoms with E-state index >= 15 is 0 Å². The highest BCUT2D eigenvalue weighted by Gasteiger charge is 2.07. The lowest BCUT2D eigenvalue weighted by atomic mass is 10.2. The predicted octanol–water partition coefficient (Wildman–Crippen LogP) is 2.42. The Hall–Kier alpha value is -2.52. The first-order chi connectivity index (χ1) is 11.4. The van der Waals surface area contributed by atoms with Gasteiger partial charge in [-0.3, -0.25) is 0 Å². The highest BCUT2D eigenvalue weighted by atomic mass is 32.2. The first kappa shape index (κ1) is 16.3. The minimum Gasteiger partial charge on any atom is -0.334 e. The number of nitrogens with one attached hydrogen (secondary N) is 2. The molecule has 0 aliphatic heterocycles. The highest BCUT2D eigenvalue weighted by molar-refractivity contribution is 7.90. The molecule has 2 N–H and O–H groups in total. The second-order valence-electron chi connectivity index (χ2n) is 5.18. The van der Waals surface area contributed by atoms with Crippen molar-refractivity contribution in [2.24, 2.45) is 0 Å². The molecule has 0 radical (unpaired) electrons. The summed E-state index contributed by atoms with van der Waals surface area (Å²) in [5, 5.41) is 9.39. The van der Waals surface area contributed by atoms with Crippen molar-refractivity contribution in [2.75, 3.05) is 11.6 Å². The number of nitrogens with zero attached hydrogens (tertiary/aromatic N) is 2. The van der Waals surface area contributed by atoms with Gasteiger partial charge in [-0.2, -0.15) is 0 Å². The minimum absolute atomic E-state index is 0.252. The SMILES string of the molecule is CS(=O)(=O)c1ccc(CNC(=O)Nc2ccc3nnsc3c2)cc1. The topological polar surface area (TPSA) is 101 Å². The number of sulfone groups is 1. The van der Waals surface area contributed by atoms with Gasteiger partial charge in [0.15, 0.2) is 9.84 Å². The number of aromatic nitrogens is 2. The minimum atomic E-state index is -3.21. The van der Waals surface area contributed by atoms with Gasteiger partial charge in [0.1, 0.15) is 5.52 Å². The molecule has 9 heteroatoms. The standard InChI is InChI=1S/C15H14N4O3S2/c1-24(21,22)12-5-2-10(3-6-12)9-16-15(20)17-11-4-7-13-14(8-11)23-19-18-13/h2-8H,9H2,1H3,(H2,16,17,20). The molecule has 0 aliphatic carbocycles. The number of urea groups is 1. The van der Waals surface area contributed by atoms with Crippen molar-refractivity contribution >= 4 is 43.3 Å². The second kappa shape index (κ2) is 6.54. The average Bonchev–Trinajstić information content (AvgIpc) is 3.00. The van der Waals surface area contributed by atoms with Gasteiger partial charge < -0.3 is 10.6 Å². The third-order valence-corrected chi connectivity index (χ3v) is 5.13. The normalized spacial score (nSPS) is 11.4. The number of rotatable bonds is 4. The van der Waals surface area contributed by atoms with Gasteiger partial charge in [0.25, 0.3) is 0 Å². The van der Waals surface area contributed by atoms with Crippen LogP contribution in [0.2, 0.25) is 0 Å². The number of amides is 2. The van der Waals surface area contributed by atoms with E-state index in [2.05, 4.69) is 20.2 Å². The summed E-state index contributed by atoms with van der Waals surface area (Å²) in [6.45, 7) is 0.292. The van der Waals surface area contributed by atoms with Gasteiger partial charge in [-0.1, -0.05) is 16.6 Å². The summed E-state index contributed by atoms with van der Waals surface area (Å²) >= 11 is 1.26. The van der Waals surface area contributed by atoms with Crippen LogP contribution >= 0.6 is 11.5 Å². The van der Waals surface area contributed by atoms with Crippen LogP contribution in [0, 0.1) is 0 Å². The van der Waals surface area contributed by atoms with Crippen LogP contribution in [0.25, 0.3) is 10.2 Å². The van der Waals surface area contributed by atoms with Gasteiger partial charge in [0, 0.05) is 18.5 Å². The first-order valence-corrected chi connectivity index (χ1v) is 9.64. The zero-order chi connectivity index (χ0) is 17.2. The van der Waals surface area contributed by atoms with Crippen LogP contribution < -0.4 is 10.6 Å². The Kier molecular flexibility index (Phi) is 4.45. The molecule has 124 valence electrons.